The van der Waals surface area contributed by atoms with Crippen molar-refractivity contribution in [3.8, 4) is 5.75 Å². The van der Waals surface area contributed by atoms with Gasteiger partial charge in [-0.1, -0.05) is 23.7 Å². The highest BCUT2D eigenvalue weighted by Crippen LogP contribution is 2.52. The van der Waals surface area contributed by atoms with Crippen molar-refractivity contribution in [3.05, 3.63) is 111 Å². The molecule has 2 aromatic heterocycles. The third kappa shape index (κ3) is 4.75. The van der Waals surface area contributed by atoms with Gasteiger partial charge in [-0.3, -0.25) is 24.2 Å². The number of hydrogen-bond acceptors (Lipinski definition) is 7. The number of benzene rings is 2. The number of rotatable bonds is 10. The average molecular weight is 591 g/mol. The molecule has 0 unspecified atom stereocenters. The van der Waals surface area contributed by atoms with Crippen LogP contribution in [0.2, 0.25) is 5.02 Å². The van der Waals surface area contributed by atoms with Crippen LogP contribution in [0.1, 0.15) is 55.9 Å². The number of carbonyl (C=O) groups excluding carboxylic acids is 2. The number of nitrogens with zero attached hydrogens (tertiary/aromatic N) is 4. The third-order valence-corrected chi connectivity index (χ3v) is 8.23. The number of aryl methyl sites for hydroxylation is 1. The molecular formula is C31H28ClFN4O5. The van der Waals surface area contributed by atoms with Crippen LogP contribution in [-0.2, 0) is 24.1 Å². The lowest BCUT2D eigenvalue weighted by Crippen LogP contribution is -2.48. The molecule has 1 N–H and O–H groups in total. The van der Waals surface area contributed by atoms with Crippen LogP contribution in [0.25, 0.3) is 0 Å². The number of fused-ring (bicyclic) bond motifs is 1. The monoisotopic (exact) mass is 590 g/mol. The van der Waals surface area contributed by atoms with Crippen LogP contribution in [0.3, 0.4) is 0 Å². The normalized spacial score (nSPS) is 18.7. The van der Waals surface area contributed by atoms with E-state index in [-0.39, 0.29) is 42.0 Å². The first-order chi connectivity index (χ1) is 20.2. The van der Waals surface area contributed by atoms with Gasteiger partial charge in [0.15, 0.2) is 11.5 Å². The minimum absolute atomic E-state index is 0.000419. The minimum atomic E-state index is -1.73. The SMILES string of the molecule is COc1ccc(CN2C(=O)c3cc(C(=O)c4cnn(C)c4)cc(F)c3[C@]2(OCC2(CO)CC2)c2ccc(Cl)cc2)nc1. The van der Waals surface area contributed by atoms with Gasteiger partial charge in [-0.15, -0.1) is 0 Å². The van der Waals surface area contributed by atoms with Crippen molar-refractivity contribution in [2.75, 3.05) is 20.3 Å². The third-order valence-electron chi connectivity index (χ3n) is 7.98. The highest BCUT2D eigenvalue weighted by Gasteiger charge is 2.56. The maximum atomic E-state index is 16.5. The summed E-state index contributed by atoms with van der Waals surface area (Å²) in [5.74, 6) is -1.24. The van der Waals surface area contributed by atoms with Crippen molar-refractivity contribution < 1.29 is 28.6 Å². The largest absolute Gasteiger partial charge is 0.495 e. The molecule has 0 bridgehead atoms. The minimum Gasteiger partial charge on any atom is -0.495 e. The Balaban J connectivity index is 1.53. The summed E-state index contributed by atoms with van der Waals surface area (Å²) in [6, 6.07) is 12.6. The molecule has 0 saturated heterocycles. The average Bonchev–Trinajstić information content (AvgIpc) is 3.59. The van der Waals surface area contributed by atoms with E-state index < -0.39 is 28.6 Å². The Bertz CT molecular complexity index is 1670. The summed E-state index contributed by atoms with van der Waals surface area (Å²) in [4.78, 5) is 33.4. The molecule has 9 nitrogen and oxygen atoms in total. The van der Waals surface area contributed by atoms with Gasteiger partial charge in [0.1, 0.15) is 11.6 Å². The van der Waals surface area contributed by atoms with Crippen molar-refractivity contribution in [2.45, 2.75) is 25.1 Å². The van der Waals surface area contributed by atoms with Crippen molar-refractivity contribution >= 4 is 23.3 Å². The van der Waals surface area contributed by atoms with Gasteiger partial charge < -0.3 is 14.6 Å². The standard InChI is InChI=1S/C31H28ClFN4O5/c1-36-15-20(13-35-36)28(39)19-11-25-27(26(33)12-19)31(21-3-5-22(32)6-4-21,42-18-30(17-38)9-10-30)37(29(25)40)16-23-7-8-24(41-2)14-34-23/h3-8,11-15,38H,9-10,16-18H2,1-2H3/t31-/m1/s1. The van der Waals surface area contributed by atoms with E-state index in [0.29, 0.717) is 22.0 Å². The van der Waals surface area contributed by atoms with Crippen molar-refractivity contribution in [2.24, 2.45) is 12.5 Å². The molecule has 4 aromatic rings. The van der Waals surface area contributed by atoms with Crippen LogP contribution >= 0.6 is 11.6 Å². The van der Waals surface area contributed by atoms with Crippen LogP contribution in [0.4, 0.5) is 4.39 Å². The summed E-state index contributed by atoms with van der Waals surface area (Å²) in [6.07, 6.45) is 5.93. The molecule has 1 atom stereocenters. The Morgan fingerprint density at radius 3 is 2.48 bits per heavy atom. The molecule has 216 valence electrons. The fraction of sp³-hybridized carbons (Fsp3) is 0.290. The van der Waals surface area contributed by atoms with Gasteiger partial charge in [0.25, 0.3) is 5.91 Å². The van der Waals surface area contributed by atoms with Gasteiger partial charge in [-0.25, -0.2) is 4.39 Å². The van der Waals surface area contributed by atoms with Gasteiger partial charge in [0.05, 0.1) is 61.6 Å². The lowest BCUT2D eigenvalue weighted by Gasteiger charge is -2.40. The lowest BCUT2D eigenvalue weighted by atomic mass is 9.90. The lowest BCUT2D eigenvalue weighted by molar-refractivity contribution is -0.130. The Hall–Kier alpha value is -4.12. The summed E-state index contributed by atoms with van der Waals surface area (Å²) in [6.45, 7) is -0.0790. The number of aliphatic hydroxyl groups is 1. The summed E-state index contributed by atoms with van der Waals surface area (Å²) in [5.41, 5.74) is -0.984. The Kier molecular flexibility index (Phi) is 7.08. The predicted molar refractivity (Wildman–Crippen MR) is 151 cm³/mol. The Morgan fingerprint density at radius 1 is 1.12 bits per heavy atom. The highest BCUT2D eigenvalue weighted by molar-refractivity contribution is 6.30. The van der Waals surface area contributed by atoms with Crippen LogP contribution < -0.4 is 4.74 Å². The van der Waals surface area contributed by atoms with E-state index >= 15 is 4.39 Å². The summed E-state index contributed by atoms with van der Waals surface area (Å²) >= 11 is 6.22. The molecule has 2 aromatic carbocycles. The zero-order valence-electron chi connectivity index (χ0n) is 23.0. The number of ether oxygens (including phenoxy) is 2. The molecule has 1 aliphatic heterocycles. The molecule has 3 heterocycles. The summed E-state index contributed by atoms with van der Waals surface area (Å²) < 4.78 is 29.8. The van der Waals surface area contributed by atoms with Crippen molar-refractivity contribution in [3.63, 3.8) is 0 Å². The van der Waals surface area contributed by atoms with Crippen LogP contribution in [0.5, 0.6) is 5.75 Å². The second kappa shape index (κ2) is 10.6. The molecule has 11 heteroatoms. The number of amides is 1. The number of pyridine rings is 1. The molecule has 2 aliphatic rings. The molecule has 1 amide bonds. The van der Waals surface area contributed by atoms with E-state index in [0.717, 1.165) is 18.9 Å². The second-order valence-electron chi connectivity index (χ2n) is 10.8. The molecule has 42 heavy (non-hydrogen) atoms. The number of hydrogen-bond donors (Lipinski definition) is 1. The number of aliphatic hydroxyl groups excluding tert-OH is 1. The van der Waals surface area contributed by atoms with E-state index in [1.165, 1.54) is 41.3 Å². The first-order valence-electron chi connectivity index (χ1n) is 13.4. The molecular weight excluding hydrogens is 563 g/mol. The predicted octanol–water partition coefficient (Wildman–Crippen LogP) is 4.49. The fourth-order valence-electron chi connectivity index (χ4n) is 5.34. The summed E-state index contributed by atoms with van der Waals surface area (Å²) in [7, 11) is 3.20. The molecule has 0 spiro atoms. The van der Waals surface area contributed by atoms with Crippen LogP contribution in [-0.4, -0.2) is 56.8 Å². The van der Waals surface area contributed by atoms with E-state index in [4.69, 9.17) is 21.1 Å². The van der Waals surface area contributed by atoms with E-state index in [1.54, 1.807) is 43.4 Å². The van der Waals surface area contributed by atoms with Crippen molar-refractivity contribution in [1.82, 2.24) is 19.7 Å². The molecule has 1 aliphatic carbocycles. The maximum absolute atomic E-state index is 16.5. The first kappa shape index (κ1) is 28.0. The molecule has 0 radical (unpaired) electrons. The maximum Gasteiger partial charge on any atom is 0.257 e. The topological polar surface area (TPSA) is 107 Å². The second-order valence-corrected chi connectivity index (χ2v) is 11.2. The van der Waals surface area contributed by atoms with Crippen LogP contribution in [0.15, 0.2) is 67.1 Å². The number of ketones is 1. The highest BCUT2D eigenvalue weighted by atomic mass is 35.5. The molecule has 1 saturated carbocycles. The number of methoxy groups -OCH3 is 1. The van der Waals surface area contributed by atoms with E-state index in [2.05, 4.69) is 10.1 Å². The van der Waals surface area contributed by atoms with E-state index in [9.17, 15) is 14.7 Å². The zero-order chi connectivity index (χ0) is 29.6. The van der Waals surface area contributed by atoms with E-state index in [1.807, 2.05) is 0 Å². The zero-order valence-corrected chi connectivity index (χ0v) is 23.8. The number of carbonyl (C=O) groups is 2. The quantitative estimate of drug-likeness (QED) is 0.271. The Labute approximate surface area is 246 Å². The first-order valence-corrected chi connectivity index (χ1v) is 13.8. The van der Waals surface area contributed by atoms with Gasteiger partial charge in [-0.05, 0) is 49.2 Å². The van der Waals surface area contributed by atoms with Gasteiger partial charge >= 0.3 is 0 Å². The molecule has 6 rings (SSSR count). The molecule has 1 fully saturated rings. The summed E-state index contributed by atoms with van der Waals surface area (Å²) in [5, 5.41) is 14.6. The fourth-order valence-corrected chi connectivity index (χ4v) is 5.47. The smallest absolute Gasteiger partial charge is 0.257 e. The van der Waals surface area contributed by atoms with Gasteiger partial charge in [-0.2, -0.15) is 5.10 Å². The van der Waals surface area contributed by atoms with Gasteiger partial charge in [0, 0.05) is 34.8 Å². The van der Waals surface area contributed by atoms with Gasteiger partial charge in [0.2, 0.25) is 0 Å². The number of halogens is 2. The van der Waals surface area contributed by atoms with Crippen LogP contribution in [0, 0.1) is 11.2 Å². The number of aromatic nitrogens is 3. The Morgan fingerprint density at radius 2 is 1.88 bits per heavy atom. The van der Waals surface area contributed by atoms with Crippen molar-refractivity contribution in [1.29, 1.82) is 0 Å².